The van der Waals surface area contributed by atoms with Gasteiger partial charge >= 0.3 is 0 Å². The van der Waals surface area contributed by atoms with Gasteiger partial charge in [0.15, 0.2) is 18.1 Å². The summed E-state index contributed by atoms with van der Waals surface area (Å²) >= 11 is 0. The zero-order valence-electron chi connectivity index (χ0n) is 19.8. The third-order valence-corrected chi connectivity index (χ3v) is 5.93. The van der Waals surface area contributed by atoms with Gasteiger partial charge < -0.3 is 14.2 Å². The number of benzene rings is 1. The van der Waals surface area contributed by atoms with Crippen LogP contribution in [0.5, 0.6) is 0 Å². The second-order valence-electron chi connectivity index (χ2n) is 10.4. The summed E-state index contributed by atoms with van der Waals surface area (Å²) in [6.07, 6.45) is -0.0490. The smallest absolute Gasteiger partial charge is 0.221 e. The number of anilines is 1. The Balaban J connectivity index is 3.60. The summed E-state index contributed by atoms with van der Waals surface area (Å²) in [6, 6.07) is 6.35. The number of amides is 1. The summed E-state index contributed by atoms with van der Waals surface area (Å²) in [4.78, 5) is 11.8. The first kappa shape index (κ1) is 25.1. The van der Waals surface area contributed by atoms with Crippen LogP contribution in [0.15, 0.2) is 18.2 Å². The second-order valence-corrected chi connectivity index (χ2v) is 15.2. The van der Waals surface area contributed by atoms with Gasteiger partial charge in [-0.15, -0.1) is 0 Å². The van der Waals surface area contributed by atoms with Crippen LogP contribution < -0.4 is 5.32 Å². The first-order valence-corrected chi connectivity index (χ1v) is 15.9. The fraction of sp³-hybridized carbons (Fsp3) is 0.682. The molecular formula is C22H41NO3Si2. The van der Waals surface area contributed by atoms with Gasteiger partial charge in [0.25, 0.3) is 0 Å². The average Bonchev–Trinajstić information content (AvgIpc) is 2.46. The van der Waals surface area contributed by atoms with Gasteiger partial charge in [0.1, 0.15) is 0 Å². The molecule has 28 heavy (non-hydrogen) atoms. The predicted octanol–water partition coefficient (Wildman–Crippen LogP) is 5.82. The van der Waals surface area contributed by atoms with E-state index < -0.39 is 18.1 Å². The standard InChI is InChI=1S/C22H41NO3Si2/c1-15(24)23-18-13-16(19(21(2,3)4)25-27(8)9)12-17(14-18)20(22(5,6)7)26-28(10)11/h12-14,19-20,27-28H,1-11H3,(H,23,24). The number of rotatable bonds is 7. The Morgan fingerprint density at radius 3 is 1.43 bits per heavy atom. The van der Waals surface area contributed by atoms with Gasteiger partial charge in [0.05, 0.1) is 12.2 Å². The van der Waals surface area contributed by atoms with Crippen LogP contribution in [0, 0.1) is 10.8 Å². The topological polar surface area (TPSA) is 47.6 Å². The van der Waals surface area contributed by atoms with E-state index in [0.29, 0.717) is 0 Å². The lowest BCUT2D eigenvalue weighted by Gasteiger charge is -2.36. The van der Waals surface area contributed by atoms with Crippen LogP contribution in [0.25, 0.3) is 0 Å². The van der Waals surface area contributed by atoms with E-state index >= 15 is 0 Å². The van der Waals surface area contributed by atoms with Crippen molar-refractivity contribution in [2.75, 3.05) is 5.32 Å². The molecule has 2 unspecified atom stereocenters. The zero-order valence-corrected chi connectivity index (χ0v) is 22.1. The van der Waals surface area contributed by atoms with Gasteiger partial charge in [0, 0.05) is 12.6 Å². The van der Waals surface area contributed by atoms with E-state index in [1.54, 1.807) is 6.92 Å². The minimum Gasteiger partial charge on any atom is -0.413 e. The molecule has 4 nitrogen and oxygen atoms in total. The van der Waals surface area contributed by atoms with Crippen molar-refractivity contribution in [1.82, 2.24) is 0 Å². The molecular weight excluding hydrogens is 382 g/mol. The van der Waals surface area contributed by atoms with Crippen molar-refractivity contribution >= 4 is 29.7 Å². The van der Waals surface area contributed by atoms with Gasteiger partial charge in [-0.25, -0.2) is 0 Å². The third kappa shape index (κ3) is 7.81. The average molecular weight is 424 g/mol. The van der Waals surface area contributed by atoms with E-state index in [1.165, 1.54) is 0 Å². The van der Waals surface area contributed by atoms with E-state index in [0.717, 1.165) is 16.8 Å². The molecule has 1 N–H and O–H groups in total. The number of nitrogens with one attached hydrogen (secondary N) is 1. The molecule has 1 aromatic rings. The maximum atomic E-state index is 11.8. The molecule has 0 aliphatic carbocycles. The lowest BCUT2D eigenvalue weighted by Crippen LogP contribution is -2.28. The van der Waals surface area contributed by atoms with Crippen molar-refractivity contribution in [2.24, 2.45) is 10.8 Å². The SMILES string of the molecule is CC(=O)Nc1cc(C(O[SiH](C)C)C(C)(C)C)cc(C(O[SiH](C)C)C(C)(C)C)c1. The predicted molar refractivity (Wildman–Crippen MR) is 125 cm³/mol. The van der Waals surface area contributed by atoms with E-state index in [2.05, 4.69) is 91.2 Å². The van der Waals surface area contributed by atoms with Crippen molar-refractivity contribution < 1.29 is 13.6 Å². The summed E-state index contributed by atoms with van der Waals surface area (Å²) in [5.41, 5.74) is 2.94. The van der Waals surface area contributed by atoms with Gasteiger partial charge in [-0.2, -0.15) is 0 Å². The Hall–Kier alpha value is -0.956. The highest BCUT2D eigenvalue weighted by molar-refractivity contribution is 6.48. The molecule has 6 heteroatoms. The Morgan fingerprint density at radius 2 is 1.18 bits per heavy atom. The van der Waals surface area contributed by atoms with Crippen LogP contribution in [0.1, 0.15) is 71.8 Å². The zero-order chi connectivity index (χ0) is 21.9. The number of carbonyl (C=O) groups excluding carboxylic acids is 1. The molecule has 0 fully saturated rings. The quantitative estimate of drug-likeness (QED) is 0.562. The molecule has 0 aliphatic rings. The normalized spacial score (nSPS) is 15.0. The molecule has 0 radical (unpaired) electrons. The molecule has 0 aromatic heterocycles. The molecule has 0 spiro atoms. The first-order valence-electron chi connectivity index (χ1n) is 10.3. The van der Waals surface area contributed by atoms with Gasteiger partial charge in [-0.3, -0.25) is 4.79 Å². The molecule has 160 valence electrons. The van der Waals surface area contributed by atoms with E-state index in [9.17, 15) is 4.79 Å². The highest BCUT2D eigenvalue weighted by Gasteiger charge is 2.32. The van der Waals surface area contributed by atoms with E-state index in [4.69, 9.17) is 8.85 Å². The van der Waals surface area contributed by atoms with Crippen LogP contribution in [0.4, 0.5) is 5.69 Å². The lowest BCUT2D eigenvalue weighted by atomic mass is 9.81. The lowest BCUT2D eigenvalue weighted by molar-refractivity contribution is -0.114. The Bertz CT molecular complexity index is 614. The van der Waals surface area contributed by atoms with Crippen molar-refractivity contribution in [3.05, 3.63) is 29.3 Å². The molecule has 2 atom stereocenters. The highest BCUT2D eigenvalue weighted by atomic mass is 28.3. The Labute approximate surface area is 175 Å². The van der Waals surface area contributed by atoms with E-state index in [1.807, 2.05) is 0 Å². The number of hydrogen-bond donors (Lipinski definition) is 1. The van der Waals surface area contributed by atoms with Crippen LogP contribution in [-0.2, 0) is 13.6 Å². The monoisotopic (exact) mass is 423 g/mol. The first-order chi connectivity index (χ1) is 12.6. The van der Waals surface area contributed by atoms with Crippen molar-refractivity contribution in [3.8, 4) is 0 Å². The maximum Gasteiger partial charge on any atom is 0.221 e. The molecule has 1 aromatic carbocycles. The van der Waals surface area contributed by atoms with Crippen molar-refractivity contribution in [1.29, 1.82) is 0 Å². The summed E-state index contributed by atoms with van der Waals surface area (Å²) in [6.45, 7) is 23.6. The molecule has 0 heterocycles. The van der Waals surface area contributed by atoms with Crippen LogP contribution in [0.3, 0.4) is 0 Å². The minimum absolute atomic E-state index is 0.0245. The molecule has 1 rings (SSSR count). The number of hydrogen-bond acceptors (Lipinski definition) is 3. The molecule has 0 saturated heterocycles. The Kier molecular flexibility index (Phi) is 8.69. The summed E-state index contributed by atoms with van der Waals surface area (Å²) in [5, 5.41) is 2.98. The van der Waals surface area contributed by atoms with Crippen molar-refractivity contribution in [3.63, 3.8) is 0 Å². The molecule has 0 bridgehead atoms. The Morgan fingerprint density at radius 1 is 0.821 bits per heavy atom. The number of carbonyl (C=O) groups is 1. The summed E-state index contributed by atoms with van der Waals surface area (Å²) in [5.74, 6) is -0.0685. The second kappa shape index (κ2) is 9.70. The van der Waals surface area contributed by atoms with Crippen LogP contribution in [0.2, 0.25) is 26.2 Å². The highest BCUT2D eigenvalue weighted by Crippen LogP contribution is 2.42. The largest absolute Gasteiger partial charge is 0.413 e. The maximum absolute atomic E-state index is 11.8. The van der Waals surface area contributed by atoms with Gasteiger partial charge in [0.2, 0.25) is 5.91 Å². The van der Waals surface area contributed by atoms with Crippen LogP contribution in [-0.4, -0.2) is 24.0 Å². The fourth-order valence-electron chi connectivity index (χ4n) is 3.36. The van der Waals surface area contributed by atoms with Gasteiger partial charge in [-0.05, 0) is 60.3 Å². The molecule has 0 saturated carbocycles. The summed E-state index contributed by atoms with van der Waals surface area (Å²) < 4.78 is 12.9. The van der Waals surface area contributed by atoms with E-state index in [-0.39, 0.29) is 28.9 Å². The van der Waals surface area contributed by atoms with Crippen molar-refractivity contribution in [2.45, 2.75) is 86.9 Å². The van der Waals surface area contributed by atoms with Crippen LogP contribution >= 0.6 is 0 Å². The summed E-state index contributed by atoms with van der Waals surface area (Å²) in [7, 11) is -2.50. The molecule has 1 amide bonds. The van der Waals surface area contributed by atoms with Gasteiger partial charge in [-0.1, -0.05) is 47.6 Å². The minimum atomic E-state index is -1.25. The fourth-order valence-corrected chi connectivity index (χ4v) is 5.58. The third-order valence-electron chi connectivity index (χ3n) is 4.29. The molecule has 0 aliphatic heterocycles.